The van der Waals surface area contributed by atoms with Crippen LogP contribution in [0.25, 0.3) is 6.08 Å². The van der Waals surface area contributed by atoms with E-state index in [-0.39, 0.29) is 18.4 Å². The number of piperidine rings is 1. The van der Waals surface area contributed by atoms with E-state index in [9.17, 15) is 9.59 Å². The third-order valence-electron chi connectivity index (χ3n) is 6.12. The minimum atomic E-state index is -0.711. The molecule has 2 aromatic carbocycles. The van der Waals surface area contributed by atoms with E-state index in [1.54, 1.807) is 27.9 Å². The second-order valence-electron chi connectivity index (χ2n) is 8.57. The summed E-state index contributed by atoms with van der Waals surface area (Å²) in [6.07, 6.45) is 7.36. The normalized spacial score (nSPS) is 17.9. The Labute approximate surface area is 198 Å². The quantitative estimate of drug-likeness (QED) is 0.550. The van der Waals surface area contributed by atoms with Crippen LogP contribution in [0.4, 0.5) is 5.69 Å². The van der Waals surface area contributed by atoms with Gasteiger partial charge in [-0.1, -0.05) is 47.7 Å². The van der Waals surface area contributed by atoms with Crippen molar-refractivity contribution in [1.82, 2.24) is 19.9 Å². The number of hydrogen-bond acceptors (Lipinski definition) is 5. The molecule has 2 amide bonds. The molecule has 174 valence electrons. The van der Waals surface area contributed by atoms with Crippen LogP contribution in [0.5, 0.6) is 5.75 Å². The minimum Gasteiger partial charge on any atom is -0.476 e. The molecule has 2 aliphatic heterocycles. The summed E-state index contributed by atoms with van der Waals surface area (Å²) in [6.45, 7) is 2.27. The highest BCUT2D eigenvalue weighted by atomic mass is 16.5. The number of ether oxygens (including phenoxy) is 1. The Morgan fingerprint density at radius 2 is 1.76 bits per heavy atom. The molecule has 0 bridgehead atoms. The number of likely N-dealkylation sites (tertiary alicyclic amines) is 1. The van der Waals surface area contributed by atoms with Gasteiger partial charge in [0.05, 0.1) is 25.0 Å². The first-order valence-electron chi connectivity index (χ1n) is 11.7. The molecule has 0 saturated carbocycles. The minimum absolute atomic E-state index is 0.0557. The van der Waals surface area contributed by atoms with Crippen LogP contribution in [-0.2, 0) is 16.1 Å². The Hall–Kier alpha value is -3.94. The van der Waals surface area contributed by atoms with Gasteiger partial charge in [-0.05, 0) is 43.0 Å². The summed E-state index contributed by atoms with van der Waals surface area (Å²) in [6, 6.07) is 17.3. The molecule has 8 heteroatoms. The van der Waals surface area contributed by atoms with Gasteiger partial charge < -0.3 is 14.5 Å². The van der Waals surface area contributed by atoms with Crippen LogP contribution >= 0.6 is 0 Å². The third-order valence-corrected chi connectivity index (χ3v) is 6.12. The van der Waals surface area contributed by atoms with Crippen molar-refractivity contribution in [3.8, 4) is 5.75 Å². The summed E-state index contributed by atoms with van der Waals surface area (Å²) in [5.41, 5.74) is 2.37. The Bertz CT molecular complexity index is 1180. The maximum Gasteiger partial charge on any atom is 0.265 e. The summed E-state index contributed by atoms with van der Waals surface area (Å²) in [7, 11) is 0. The van der Waals surface area contributed by atoms with Gasteiger partial charge in [-0.25, -0.2) is 4.68 Å². The highest BCUT2D eigenvalue weighted by Crippen LogP contribution is 2.34. The molecule has 1 fully saturated rings. The molecule has 3 aromatic rings. The molecule has 0 radical (unpaired) electrons. The summed E-state index contributed by atoms with van der Waals surface area (Å²) in [5, 5.41) is 8.29. The highest BCUT2D eigenvalue weighted by Gasteiger charge is 2.35. The van der Waals surface area contributed by atoms with Gasteiger partial charge in [0.1, 0.15) is 11.4 Å². The Kier molecular flexibility index (Phi) is 6.38. The molecular formula is C26H27N5O3. The molecule has 1 atom stereocenters. The van der Waals surface area contributed by atoms with E-state index in [2.05, 4.69) is 10.3 Å². The van der Waals surface area contributed by atoms with Gasteiger partial charge in [-0.3, -0.25) is 9.59 Å². The number of carbonyl (C=O) groups excluding carboxylic acids is 2. The number of hydrogen-bond donors (Lipinski definition) is 0. The van der Waals surface area contributed by atoms with Crippen molar-refractivity contribution in [2.24, 2.45) is 0 Å². The fourth-order valence-electron chi connectivity index (χ4n) is 4.37. The highest BCUT2D eigenvalue weighted by molar-refractivity contribution is 6.05. The number of nitrogens with zero attached hydrogens (tertiary/aromatic N) is 5. The van der Waals surface area contributed by atoms with Crippen LogP contribution in [-0.4, -0.2) is 57.4 Å². The fraction of sp³-hybridized carbons (Fsp3) is 0.308. The Morgan fingerprint density at radius 1 is 1.00 bits per heavy atom. The zero-order valence-corrected chi connectivity index (χ0v) is 18.9. The van der Waals surface area contributed by atoms with Crippen molar-refractivity contribution in [3.05, 3.63) is 78.1 Å². The van der Waals surface area contributed by atoms with Crippen molar-refractivity contribution in [2.45, 2.75) is 31.9 Å². The van der Waals surface area contributed by atoms with Gasteiger partial charge in [0.2, 0.25) is 0 Å². The molecule has 1 saturated heterocycles. The zero-order valence-electron chi connectivity index (χ0n) is 18.9. The first kappa shape index (κ1) is 21.9. The Balaban J connectivity index is 1.30. The summed E-state index contributed by atoms with van der Waals surface area (Å²) < 4.78 is 7.75. The summed E-state index contributed by atoms with van der Waals surface area (Å²) in [4.78, 5) is 29.7. The van der Waals surface area contributed by atoms with Crippen LogP contribution in [0.3, 0.4) is 0 Å². The monoisotopic (exact) mass is 457 g/mol. The molecule has 1 unspecified atom stereocenters. The van der Waals surface area contributed by atoms with Crippen LogP contribution in [0.1, 0.15) is 30.5 Å². The molecule has 2 aliphatic rings. The van der Waals surface area contributed by atoms with Gasteiger partial charge >= 0.3 is 0 Å². The second kappa shape index (κ2) is 9.91. The zero-order chi connectivity index (χ0) is 23.3. The van der Waals surface area contributed by atoms with Crippen LogP contribution < -0.4 is 9.64 Å². The number of para-hydroxylation sites is 2. The van der Waals surface area contributed by atoms with Crippen LogP contribution in [0.15, 0.2) is 66.9 Å². The topological polar surface area (TPSA) is 80.6 Å². The number of aromatic nitrogens is 3. The lowest BCUT2D eigenvalue weighted by Crippen LogP contribution is -2.52. The summed E-state index contributed by atoms with van der Waals surface area (Å²) in [5.74, 6) is 0.254. The van der Waals surface area contributed by atoms with E-state index in [1.807, 2.05) is 53.4 Å². The van der Waals surface area contributed by atoms with E-state index < -0.39 is 6.10 Å². The van der Waals surface area contributed by atoms with Crippen LogP contribution in [0.2, 0.25) is 0 Å². The molecule has 8 nitrogen and oxygen atoms in total. The lowest BCUT2D eigenvalue weighted by Gasteiger charge is -2.37. The van der Waals surface area contributed by atoms with Gasteiger partial charge in [-0.15, -0.1) is 5.10 Å². The van der Waals surface area contributed by atoms with Gasteiger partial charge in [-0.2, -0.15) is 0 Å². The standard InChI is InChI=1S/C26H27N5O3/c32-25(14-13-21-18-30(28-27-21)17-20-9-3-1-4-10-20)31-19-24(26(33)29-15-7-2-8-16-29)34-23-12-6-5-11-22(23)31/h1,3-6,9-14,18,24H,2,7-8,15-17,19H2/b14-13+. The maximum absolute atomic E-state index is 13.2. The lowest BCUT2D eigenvalue weighted by molar-refractivity contribution is -0.139. The second-order valence-corrected chi connectivity index (χ2v) is 8.57. The third kappa shape index (κ3) is 4.85. The number of benzene rings is 2. The molecule has 3 heterocycles. The number of fused-ring (bicyclic) bond motifs is 1. The van der Waals surface area contributed by atoms with E-state index in [0.29, 0.717) is 23.7 Å². The van der Waals surface area contributed by atoms with E-state index in [4.69, 9.17) is 4.74 Å². The molecule has 0 N–H and O–H groups in total. The molecule has 0 aliphatic carbocycles. The van der Waals surface area contributed by atoms with E-state index in [0.717, 1.165) is 37.9 Å². The lowest BCUT2D eigenvalue weighted by atomic mass is 10.1. The predicted molar refractivity (Wildman–Crippen MR) is 128 cm³/mol. The van der Waals surface area contributed by atoms with Crippen molar-refractivity contribution >= 4 is 23.6 Å². The molecule has 5 rings (SSSR count). The van der Waals surface area contributed by atoms with Gasteiger partial charge in [0, 0.05) is 19.2 Å². The average molecular weight is 458 g/mol. The largest absolute Gasteiger partial charge is 0.476 e. The SMILES string of the molecule is O=C(C1CN(C(=O)/C=C/c2cn(Cc3ccccc3)nn2)c2ccccc2O1)N1CCCCC1. The number of rotatable bonds is 5. The Morgan fingerprint density at radius 3 is 2.59 bits per heavy atom. The van der Waals surface area contributed by atoms with Crippen molar-refractivity contribution in [1.29, 1.82) is 0 Å². The molecule has 1 aromatic heterocycles. The molecular weight excluding hydrogens is 430 g/mol. The first-order chi connectivity index (χ1) is 16.7. The van der Waals surface area contributed by atoms with Crippen molar-refractivity contribution in [3.63, 3.8) is 0 Å². The summed E-state index contributed by atoms with van der Waals surface area (Å²) >= 11 is 0. The maximum atomic E-state index is 13.2. The first-order valence-corrected chi connectivity index (χ1v) is 11.7. The van der Waals surface area contributed by atoms with Gasteiger partial charge in [0.25, 0.3) is 11.8 Å². The molecule has 0 spiro atoms. The average Bonchev–Trinajstić information content (AvgIpc) is 3.34. The van der Waals surface area contributed by atoms with Crippen molar-refractivity contribution < 1.29 is 14.3 Å². The van der Waals surface area contributed by atoms with E-state index in [1.165, 1.54) is 6.08 Å². The predicted octanol–water partition coefficient (Wildman–Crippen LogP) is 3.15. The van der Waals surface area contributed by atoms with Crippen LogP contribution in [0, 0.1) is 0 Å². The smallest absolute Gasteiger partial charge is 0.265 e. The van der Waals surface area contributed by atoms with Crippen molar-refractivity contribution in [2.75, 3.05) is 24.5 Å². The number of anilines is 1. The number of amides is 2. The number of carbonyl (C=O) groups is 2. The van der Waals surface area contributed by atoms with E-state index >= 15 is 0 Å². The van der Waals surface area contributed by atoms with Gasteiger partial charge in [0.15, 0.2) is 6.10 Å². The molecule has 34 heavy (non-hydrogen) atoms. The fourth-order valence-corrected chi connectivity index (χ4v) is 4.37.